The van der Waals surface area contributed by atoms with Crippen LogP contribution in [0.15, 0.2) is 36.5 Å². The van der Waals surface area contributed by atoms with Crippen molar-refractivity contribution in [3.63, 3.8) is 0 Å². The Bertz CT molecular complexity index is 434. The molecule has 3 nitrogen and oxygen atoms in total. The topological polar surface area (TPSA) is 40.7 Å². The molecule has 0 spiro atoms. The summed E-state index contributed by atoms with van der Waals surface area (Å²) in [6, 6.07) is 10.8. The Kier molecular flexibility index (Phi) is 3.37. The van der Waals surface area contributed by atoms with Gasteiger partial charge in [-0.25, -0.2) is 0 Å². The molecule has 1 heterocycles. The van der Waals surface area contributed by atoms with E-state index in [0.717, 1.165) is 12.2 Å². The zero-order valence-electron chi connectivity index (χ0n) is 9.70. The molecule has 0 aliphatic rings. The van der Waals surface area contributed by atoms with Gasteiger partial charge in [0.15, 0.2) is 0 Å². The van der Waals surface area contributed by atoms with E-state index >= 15 is 0 Å². The smallest absolute Gasteiger partial charge is 0.0490 e. The fourth-order valence-corrected chi connectivity index (χ4v) is 1.83. The van der Waals surface area contributed by atoms with Crippen LogP contribution in [-0.4, -0.2) is 10.2 Å². The summed E-state index contributed by atoms with van der Waals surface area (Å²) in [5.74, 6) is 0. The number of aromatic amines is 1. The van der Waals surface area contributed by atoms with Gasteiger partial charge in [0.05, 0.1) is 0 Å². The first-order chi connectivity index (χ1) is 7.77. The van der Waals surface area contributed by atoms with Crippen LogP contribution in [0.3, 0.4) is 0 Å². The maximum absolute atomic E-state index is 3.93. The molecule has 3 heteroatoms. The maximum atomic E-state index is 3.93. The van der Waals surface area contributed by atoms with Gasteiger partial charge in [-0.05, 0) is 31.0 Å². The van der Waals surface area contributed by atoms with Gasteiger partial charge >= 0.3 is 0 Å². The maximum Gasteiger partial charge on any atom is 0.0490 e. The van der Waals surface area contributed by atoms with Crippen molar-refractivity contribution in [3.8, 4) is 0 Å². The van der Waals surface area contributed by atoms with Crippen LogP contribution in [0.4, 0.5) is 0 Å². The Morgan fingerprint density at radius 2 is 2.12 bits per heavy atom. The van der Waals surface area contributed by atoms with Crippen molar-refractivity contribution in [2.45, 2.75) is 26.4 Å². The van der Waals surface area contributed by atoms with Gasteiger partial charge in [0.1, 0.15) is 0 Å². The van der Waals surface area contributed by atoms with Crippen molar-refractivity contribution in [1.82, 2.24) is 15.5 Å². The summed E-state index contributed by atoms with van der Waals surface area (Å²) < 4.78 is 0. The van der Waals surface area contributed by atoms with E-state index in [1.165, 1.54) is 11.1 Å². The Labute approximate surface area is 95.9 Å². The van der Waals surface area contributed by atoms with Crippen LogP contribution in [0.25, 0.3) is 0 Å². The van der Waals surface area contributed by atoms with Crippen molar-refractivity contribution in [3.05, 3.63) is 53.3 Å². The Morgan fingerprint density at radius 1 is 1.31 bits per heavy atom. The summed E-state index contributed by atoms with van der Waals surface area (Å²) in [6.07, 6.45) is 1.77. The molecule has 0 saturated carbocycles. The molecule has 0 fully saturated rings. The summed E-state index contributed by atoms with van der Waals surface area (Å²) >= 11 is 0. The molecule has 1 aromatic carbocycles. The summed E-state index contributed by atoms with van der Waals surface area (Å²) in [5.41, 5.74) is 3.79. The molecule has 0 amide bonds. The summed E-state index contributed by atoms with van der Waals surface area (Å²) in [6.45, 7) is 5.14. The monoisotopic (exact) mass is 215 g/mol. The molecule has 0 aliphatic heterocycles. The number of benzene rings is 1. The molecular weight excluding hydrogens is 198 g/mol. The molecule has 0 radical (unpaired) electrons. The predicted molar refractivity (Wildman–Crippen MR) is 65.0 cm³/mol. The van der Waals surface area contributed by atoms with Crippen LogP contribution in [0, 0.1) is 6.92 Å². The van der Waals surface area contributed by atoms with Gasteiger partial charge in [-0.3, -0.25) is 5.10 Å². The summed E-state index contributed by atoms with van der Waals surface area (Å²) in [4.78, 5) is 0. The lowest BCUT2D eigenvalue weighted by molar-refractivity contribution is 0.564. The van der Waals surface area contributed by atoms with Gasteiger partial charge in [-0.15, -0.1) is 0 Å². The summed E-state index contributed by atoms with van der Waals surface area (Å²) in [7, 11) is 0. The molecule has 16 heavy (non-hydrogen) atoms. The number of aromatic nitrogens is 2. The SMILES string of the molecule is Cc1ccccc1[C@@H](C)NCc1ccn[nH]1. The minimum absolute atomic E-state index is 0.351. The fraction of sp³-hybridized carbons (Fsp3) is 0.308. The molecule has 2 N–H and O–H groups in total. The highest BCUT2D eigenvalue weighted by Crippen LogP contribution is 2.16. The quantitative estimate of drug-likeness (QED) is 0.823. The van der Waals surface area contributed by atoms with Crippen molar-refractivity contribution >= 4 is 0 Å². The van der Waals surface area contributed by atoms with Crippen molar-refractivity contribution in [2.24, 2.45) is 0 Å². The highest BCUT2D eigenvalue weighted by Gasteiger charge is 2.06. The number of aryl methyl sites for hydroxylation is 1. The first-order valence-corrected chi connectivity index (χ1v) is 5.54. The second-order valence-corrected chi connectivity index (χ2v) is 4.04. The predicted octanol–water partition coefficient (Wildman–Crippen LogP) is 2.57. The van der Waals surface area contributed by atoms with Gasteiger partial charge in [0, 0.05) is 24.5 Å². The minimum atomic E-state index is 0.351. The van der Waals surface area contributed by atoms with Crippen LogP contribution < -0.4 is 5.32 Å². The van der Waals surface area contributed by atoms with Gasteiger partial charge in [-0.1, -0.05) is 24.3 Å². The third kappa shape index (κ3) is 2.49. The zero-order valence-corrected chi connectivity index (χ0v) is 9.70. The van der Waals surface area contributed by atoms with Gasteiger partial charge in [0.25, 0.3) is 0 Å². The third-order valence-electron chi connectivity index (χ3n) is 2.81. The number of H-pyrrole nitrogens is 1. The van der Waals surface area contributed by atoms with Gasteiger partial charge in [-0.2, -0.15) is 5.10 Å². The molecular formula is C13H17N3. The Balaban J connectivity index is 1.98. The first-order valence-electron chi connectivity index (χ1n) is 5.54. The number of hydrogen-bond acceptors (Lipinski definition) is 2. The van der Waals surface area contributed by atoms with Crippen LogP contribution in [-0.2, 0) is 6.54 Å². The normalized spacial score (nSPS) is 12.6. The molecule has 0 unspecified atom stereocenters. The standard InChI is InChI=1S/C13H17N3/c1-10-5-3-4-6-13(10)11(2)14-9-12-7-8-15-16-12/h3-8,11,14H,9H2,1-2H3,(H,15,16)/t11-/m1/s1. The molecule has 0 bridgehead atoms. The second kappa shape index (κ2) is 4.94. The lowest BCUT2D eigenvalue weighted by Crippen LogP contribution is -2.19. The van der Waals surface area contributed by atoms with Crippen molar-refractivity contribution in [1.29, 1.82) is 0 Å². The largest absolute Gasteiger partial charge is 0.305 e. The van der Waals surface area contributed by atoms with Crippen LogP contribution in [0.5, 0.6) is 0 Å². The van der Waals surface area contributed by atoms with E-state index in [2.05, 4.69) is 53.6 Å². The van der Waals surface area contributed by atoms with E-state index in [-0.39, 0.29) is 0 Å². The highest BCUT2D eigenvalue weighted by atomic mass is 15.1. The molecule has 84 valence electrons. The fourth-order valence-electron chi connectivity index (χ4n) is 1.83. The van der Waals surface area contributed by atoms with E-state index in [4.69, 9.17) is 0 Å². The van der Waals surface area contributed by atoms with Crippen LogP contribution >= 0.6 is 0 Å². The van der Waals surface area contributed by atoms with E-state index in [9.17, 15) is 0 Å². The lowest BCUT2D eigenvalue weighted by Gasteiger charge is -2.15. The van der Waals surface area contributed by atoms with Crippen molar-refractivity contribution < 1.29 is 0 Å². The second-order valence-electron chi connectivity index (χ2n) is 4.04. The molecule has 0 saturated heterocycles. The molecule has 1 atom stereocenters. The van der Waals surface area contributed by atoms with Crippen LogP contribution in [0.2, 0.25) is 0 Å². The number of nitrogens with zero attached hydrogens (tertiary/aromatic N) is 1. The average molecular weight is 215 g/mol. The number of rotatable bonds is 4. The molecule has 0 aliphatic carbocycles. The highest BCUT2D eigenvalue weighted by molar-refractivity contribution is 5.28. The lowest BCUT2D eigenvalue weighted by atomic mass is 10.0. The number of nitrogens with one attached hydrogen (secondary N) is 2. The van der Waals surface area contributed by atoms with E-state index in [1.54, 1.807) is 6.20 Å². The summed E-state index contributed by atoms with van der Waals surface area (Å²) in [5, 5.41) is 10.3. The van der Waals surface area contributed by atoms with Crippen LogP contribution in [0.1, 0.15) is 29.8 Å². The van der Waals surface area contributed by atoms with Gasteiger partial charge in [0.2, 0.25) is 0 Å². The third-order valence-corrected chi connectivity index (χ3v) is 2.81. The molecule has 1 aromatic heterocycles. The molecule has 2 aromatic rings. The Morgan fingerprint density at radius 3 is 2.81 bits per heavy atom. The minimum Gasteiger partial charge on any atom is -0.305 e. The van der Waals surface area contributed by atoms with E-state index in [0.29, 0.717) is 6.04 Å². The number of hydrogen-bond donors (Lipinski definition) is 2. The van der Waals surface area contributed by atoms with E-state index < -0.39 is 0 Å². The van der Waals surface area contributed by atoms with Crippen molar-refractivity contribution in [2.75, 3.05) is 0 Å². The van der Waals surface area contributed by atoms with E-state index in [1.807, 2.05) is 6.07 Å². The van der Waals surface area contributed by atoms with Gasteiger partial charge < -0.3 is 5.32 Å². The Hall–Kier alpha value is -1.61. The zero-order chi connectivity index (χ0) is 11.4. The average Bonchev–Trinajstić information content (AvgIpc) is 2.79. The first kappa shape index (κ1) is 10.9. The molecule has 2 rings (SSSR count).